The van der Waals surface area contributed by atoms with Crippen molar-refractivity contribution >= 4 is 22.1 Å². The summed E-state index contributed by atoms with van der Waals surface area (Å²) in [6, 6.07) is 2.84. The van der Waals surface area contributed by atoms with E-state index in [1.54, 1.807) is 0 Å². The fourth-order valence-corrected chi connectivity index (χ4v) is 2.02. The summed E-state index contributed by atoms with van der Waals surface area (Å²) in [7, 11) is -4.92. The van der Waals surface area contributed by atoms with Gasteiger partial charge in [0.25, 0.3) is 10.1 Å². The SMILES string of the molecule is O=C(O)c1cccc(C(=O)O)c1S(=O)(=O)O.[Th]. The molecule has 0 aliphatic rings. The molecule has 0 spiro atoms. The molecule has 0 bridgehead atoms. The number of carbonyl (C=O) groups is 2. The first-order valence-corrected chi connectivity index (χ1v) is 5.26. The predicted molar refractivity (Wildman–Crippen MR) is 50.2 cm³/mol. The van der Waals surface area contributed by atoms with Crippen LogP contribution in [0.4, 0.5) is 0 Å². The van der Waals surface area contributed by atoms with Gasteiger partial charge in [-0.15, -0.1) is 0 Å². The van der Waals surface area contributed by atoms with E-state index in [1.807, 2.05) is 0 Å². The second kappa shape index (κ2) is 5.83. The van der Waals surface area contributed by atoms with E-state index in [0.717, 1.165) is 18.2 Å². The van der Waals surface area contributed by atoms with E-state index in [2.05, 4.69) is 0 Å². The average molecular weight is 478 g/mol. The molecule has 9 heteroatoms. The van der Waals surface area contributed by atoms with Crippen LogP contribution >= 0.6 is 0 Å². The molecule has 0 aliphatic carbocycles. The third-order valence-electron chi connectivity index (χ3n) is 1.73. The molecule has 0 aromatic heterocycles. The molecule has 0 saturated carbocycles. The standard InChI is InChI=1S/C8H6O7S.Th/c9-7(10)4-2-1-3-5(8(11)12)6(4)16(13,14)15;/h1-3H,(H,9,10)(H,11,12)(H,13,14,15);. The van der Waals surface area contributed by atoms with Crippen molar-refractivity contribution in [2.24, 2.45) is 0 Å². The Balaban J connectivity index is 0.00000256. The molecule has 0 amide bonds. The third-order valence-corrected chi connectivity index (χ3v) is 2.69. The Labute approximate surface area is 128 Å². The van der Waals surface area contributed by atoms with Crippen LogP contribution in [0.2, 0.25) is 0 Å². The fraction of sp³-hybridized carbons (Fsp3) is 0. The predicted octanol–water partition coefficient (Wildman–Crippen LogP) is 0.330. The number of hydrogen-bond donors (Lipinski definition) is 3. The van der Waals surface area contributed by atoms with Crippen molar-refractivity contribution in [1.29, 1.82) is 0 Å². The molecule has 0 heterocycles. The van der Waals surface area contributed by atoms with Crippen LogP contribution in [-0.4, -0.2) is 35.1 Å². The monoisotopic (exact) mass is 478 g/mol. The fourth-order valence-electron chi connectivity index (χ4n) is 1.15. The molecule has 1 rings (SSSR count). The van der Waals surface area contributed by atoms with Gasteiger partial charge in [0, 0.05) is 39.9 Å². The molecule has 1 aromatic carbocycles. The van der Waals surface area contributed by atoms with Crippen LogP contribution in [0, 0.1) is 39.9 Å². The average Bonchev–Trinajstić information content (AvgIpc) is 2.15. The molecule has 3 N–H and O–H groups in total. The third kappa shape index (κ3) is 3.68. The molecule has 17 heavy (non-hydrogen) atoms. The smallest absolute Gasteiger partial charge is 0.337 e. The molecular weight excluding hydrogens is 472 g/mol. The molecule has 90 valence electrons. The molecule has 7 nitrogen and oxygen atoms in total. The second-order valence-corrected chi connectivity index (χ2v) is 4.13. The zero-order chi connectivity index (χ0) is 12.5. The zero-order valence-corrected chi connectivity index (χ0v) is 13.0. The number of carboxylic acids is 2. The summed E-state index contributed by atoms with van der Waals surface area (Å²) in [5.41, 5.74) is -1.58. The summed E-state index contributed by atoms with van der Waals surface area (Å²) < 4.78 is 30.6. The van der Waals surface area contributed by atoms with E-state index >= 15 is 0 Å². The molecular formula is C8H6O7STh. The summed E-state index contributed by atoms with van der Waals surface area (Å²) in [6.07, 6.45) is 0. The van der Waals surface area contributed by atoms with Crippen molar-refractivity contribution in [2.75, 3.05) is 0 Å². The minimum absolute atomic E-state index is 0. The molecule has 0 aliphatic heterocycles. The normalized spacial score (nSPS) is 10.4. The van der Waals surface area contributed by atoms with Gasteiger partial charge in [-0.1, -0.05) is 6.07 Å². The van der Waals surface area contributed by atoms with Crippen molar-refractivity contribution in [2.45, 2.75) is 4.90 Å². The van der Waals surface area contributed by atoms with Gasteiger partial charge in [0.1, 0.15) is 4.90 Å². The topological polar surface area (TPSA) is 129 Å². The maximum atomic E-state index is 10.9. The van der Waals surface area contributed by atoms with Gasteiger partial charge in [-0.25, -0.2) is 9.59 Å². The van der Waals surface area contributed by atoms with Gasteiger partial charge in [-0.2, -0.15) is 8.42 Å². The number of aromatic carboxylic acids is 2. The van der Waals surface area contributed by atoms with Crippen LogP contribution in [0.15, 0.2) is 23.1 Å². The Bertz CT molecular complexity index is 531. The van der Waals surface area contributed by atoms with E-state index in [0.29, 0.717) is 0 Å². The van der Waals surface area contributed by atoms with Crippen molar-refractivity contribution in [1.82, 2.24) is 0 Å². The Morgan fingerprint density at radius 2 is 1.35 bits per heavy atom. The maximum Gasteiger partial charge on any atom is 0.337 e. The van der Waals surface area contributed by atoms with E-state index < -0.39 is 38.1 Å². The largest absolute Gasteiger partial charge is 0.478 e. The van der Waals surface area contributed by atoms with Crippen LogP contribution in [0.1, 0.15) is 20.7 Å². The van der Waals surface area contributed by atoms with Gasteiger partial charge < -0.3 is 10.2 Å². The van der Waals surface area contributed by atoms with Crippen molar-refractivity contribution in [3.63, 3.8) is 0 Å². The number of hydrogen-bond acceptors (Lipinski definition) is 4. The minimum Gasteiger partial charge on any atom is -0.478 e. The van der Waals surface area contributed by atoms with E-state index in [1.165, 1.54) is 0 Å². The maximum absolute atomic E-state index is 10.9. The van der Waals surface area contributed by atoms with Crippen LogP contribution in [-0.2, 0) is 10.1 Å². The van der Waals surface area contributed by atoms with Gasteiger partial charge in [0.2, 0.25) is 0 Å². The summed E-state index contributed by atoms with van der Waals surface area (Å²) in [4.78, 5) is 20.2. The van der Waals surface area contributed by atoms with Crippen molar-refractivity contribution in [3.05, 3.63) is 29.3 Å². The number of rotatable bonds is 3. The van der Waals surface area contributed by atoms with Crippen LogP contribution in [0.5, 0.6) is 0 Å². The quantitative estimate of drug-likeness (QED) is 0.535. The van der Waals surface area contributed by atoms with Crippen molar-refractivity contribution in [3.8, 4) is 0 Å². The Kier molecular flexibility index (Phi) is 5.62. The number of benzene rings is 1. The Morgan fingerprint density at radius 1 is 1.00 bits per heavy atom. The van der Waals surface area contributed by atoms with Gasteiger partial charge in [-0.3, -0.25) is 4.55 Å². The van der Waals surface area contributed by atoms with Gasteiger partial charge in [-0.05, 0) is 12.1 Å². The van der Waals surface area contributed by atoms with Gasteiger partial charge in [0.15, 0.2) is 0 Å². The molecule has 0 unspecified atom stereocenters. The van der Waals surface area contributed by atoms with E-state index in [4.69, 9.17) is 14.8 Å². The summed E-state index contributed by atoms with van der Waals surface area (Å²) in [6.45, 7) is 0. The molecule has 0 atom stereocenters. The van der Waals surface area contributed by atoms with Crippen LogP contribution in [0.3, 0.4) is 0 Å². The summed E-state index contributed by atoms with van der Waals surface area (Å²) >= 11 is 0. The first kappa shape index (κ1) is 16.4. The Hall–Kier alpha value is -0.605. The van der Waals surface area contributed by atoms with Crippen LogP contribution < -0.4 is 0 Å². The zero-order valence-electron chi connectivity index (χ0n) is 8.11. The molecule has 0 saturated heterocycles. The molecule has 0 fully saturated rings. The summed E-state index contributed by atoms with van der Waals surface area (Å²) in [5, 5.41) is 17.3. The molecule has 0 radical (unpaired) electrons. The van der Waals surface area contributed by atoms with Crippen LogP contribution in [0.25, 0.3) is 0 Å². The van der Waals surface area contributed by atoms with Crippen molar-refractivity contribution < 1.29 is 72.7 Å². The number of carboxylic acid groups (broad SMARTS) is 2. The first-order valence-electron chi connectivity index (χ1n) is 3.82. The minimum atomic E-state index is -4.92. The van der Waals surface area contributed by atoms with Gasteiger partial charge >= 0.3 is 11.9 Å². The summed E-state index contributed by atoms with van der Waals surface area (Å²) in [5.74, 6) is -3.29. The van der Waals surface area contributed by atoms with Gasteiger partial charge in [0.05, 0.1) is 11.1 Å². The van der Waals surface area contributed by atoms with E-state index in [9.17, 15) is 18.0 Å². The molecule has 1 aromatic rings. The first-order chi connectivity index (χ1) is 7.25. The Morgan fingerprint density at radius 3 is 1.59 bits per heavy atom. The van der Waals surface area contributed by atoms with E-state index in [-0.39, 0.29) is 39.9 Å². The second-order valence-electron chi connectivity index (χ2n) is 2.77.